The zero-order chi connectivity index (χ0) is 15.1. The highest BCUT2D eigenvalue weighted by Gasteiger charge is 2.08. The van der Waals surface area contributed by atoms with Crippen molar-refractivity contribution in [3.05, 3.63) is 59.7 Å². The van der Waals surface area contributed by atoms with Gasteiger partial charge in [0.1, 0.15) is 5.75 Å². The minimum atomic E-state index is -0.110. The maximum Gasteiger partial charge on any atom is 0.251 e. The Morgan fingerprint density at radius 1 is 1.19 bits per heavy atom. The lowest BCUT2D eigenvalue weighted by Gasteiger charge is -2.08. The van der Waals surface area contributed by atoms with Gasteiger partial charge in [-0.1, -0.05) is 30.3 Å². The number of nitrogens with two attached hydrogens (primary N) is 1. The molecular formula is C17H20N2O2. The van der Waals surface area contributed by atoms with Gasteiger partial charge in [-0.25, -0.2) is 0 Å². The summed E-state index contributed by atoms with van der Waals surface area (Å²) in [5.41, 5.74) is 8.09. The van der Waals surface area contributed by atoms with Crippen molar-refractivity contribution in [2.75, 3.05) is 19.4 Å². The van der Waals surface area contributed by atoms with Crippen molar-refractivity contribution in [2.45, 2.75) is 12.8 Å². The van der Waals surface area contributed by atoms with E-state index in [0.29, 0.717) is 23.5 Å². The molecule has 2 aromatic rings. The third kappa shape index (κ3) is 4.24. The van der Waals surface area contributed by atoms with E-state index in [2.05, 4.69) is 17.4 Å². The predicted molar refractivity (Wildman–Crippen MR) is 84.5 cm³/mol. The topological polar surface area (TPSA) is 64.3 Å². The first-order chi connectivity index (χ1) is 10.2. The number of nitrogen functional groups attached to an aromatic ring is 1. The Bertz CT molecular complexity index is 597. The van der Waals surface area contributed by atoms with Gasteiger partial charge < -0.3 is 15.8 Å². The van der Waals surface area contributed by atoms with E-state index >= 15 is 0 Å². The Morgan fingerprint density at radius 2 is 1.95 bits per heavy atom. The molecule has 0 heterocycles. The number of hydrogen-bond donors (Lipinski definition) is 2. The van der Waals surface area contributed by atoms with E-state index in [1.807, 2.05) is 18.2 Å². The molecule has 0 aliphatic carbocycles. The van der Waals surface area contributed by atoms with Gasteiger partial charge in [0.2, 0.25) is 0 Å². The molecule has 3 N–H and O–H groups in total. The molecule has 0 saturated heterocycles. The Labute approximate surface area is 124 Å². The average molecular weight is 284 g/mol. The van der Waals surface area contributed by atoms with Gasteiger partial charge in [0, 0.05) is 12.1 Å². The SMILES string of the molecule is COc1cc(C(=O)NCCCc2ccccc2)ccc1N. The van der Waals surface area contributed by atoms with Crippen LogP contribution in [0.25, 0.3) is 0 Å². The van der Waals surface area contributed by atoms with Gasteiger partial charge in [-0.3, -0.25) is 4.79 Å². The summed E-state index contributed by atoms with van der Waals surface area (Å²) >= 11 is 0. The zero-order valence-corrected chi connectivity index (χ0v) is 12.1. The lowest BCUT2D eigenvalue weighted by Crippen LogP contribution is -2.24. The van der Waals surface area contributed by atoms with Crippen LogP contribution in [0.3, 0.4) is 0 Å². The molecule has 0 bridgehead atoms. The first-order valence-corrected chi connectivity index (χ1v) is 6.96. The van der Waals surface area contributed by atoms with Crippen molar-refractivity contribution in [3.8, 4) is 5.75 Å². The van der Waals surface area contributed by atoms with Crippen molar-refractivity contribution in [2.24, 2.45) is 0 Å². The van der Waals surface area contributed by atoms with Crippen molar-refractivity contribution < 1.29 is 9.53 Å². The maximum atomic E-state index is 12.0. The molecule has 2 aromatic carbocycles. The summed E-state index contributed by atoms with van der Waals surface area (Å²) in [7, 11) is 1.53. The summed E-state index contributed by atoms with van der Waals surface area (Å²) in [6, 6.07) is 15.3. The monoisotopic (exact) mass is 284 g/mol. The van der Waals surface area contributed by atoms with E-state index in [1.165, 1.54) is 12.7 Å². The summed E-state index contributed by atoms with van der Waals surface area (Å²) < 4.78 is 5.11. The molecule has 4 nitrogen and oxygen atoms in total. The number of anilines is 1. The molecule has 0 aliphatic heterocycles. The highest BCUT2D eigenvalue weighted by Crippen LogP contribution is 2.21. The normalized spacial score (nSPS) is 10.1. The van der Waals surface area contributed by atoms with Gasteiger partial charge in [-0.15, -0.1) is 0 Å². The van der Waals surface area contributed by atoms with Gasteiger partial charge in [0.05, 0.1) is 12.8 Å². The molecule has 4 heteroatoms. The lowest BCUT2D eigenvalue weighted by molar-refractivity contribution is 0.0953. The Morgan fingerprint density at radius 3 is 2.67 bits per heavy atom. The molecule has 0 unspecified atom stereocenters. The van der Waals surface area contributed by atoms with Crippen LogP contribution in [-0.4, -0.2) is 19.6 Å². The van der Waals surface area contributed by atoms with E-state index in [4.69, 9.17) is 10.5 Å². The summed E-state index contributed by atoms with van der Waals surface area (Å²) in [5, 5.41) is 2.90. The molecule has 0 aromatic heterocycles. The van der Waals surface area contributed by atoms with Crippen molar-refractivity contribution in [3.63, 3.8) is 0 Å². The first-order valence-electron chi connectivity index (χ1n) is 6.96. The standard InChI is InChI=1S/C17H20N2O2/c1-21-16-12-14(9-10-15(16)18)17(20)19-11-5-8-13-6-3-2-4-7-13/h2-4,6-7,9-10,12H,5,8,11,18H2,1H3,(H,19,20). The van der Waals surface area contributed by atoms with E-state index in [-0.39, 0.29) is 5.91 Å². The van der Waals surface area contributed by atoms with E-state index in [9.17, 15) is 4.79 Å². The van der Waals surface area contributed by atoms with Crippen LogP contribution in [0.2, 0.25) is 0 Å². The van der Waals surface area contributed by atoms with Crippen LogP contribution < -0.4 is 15.8 Å². The third-order valence-corrected chi connectivity index (χ3v) is 3.27. The van der Waals surface area contributed by atoms with Crippen LogP contribution in [0.4, 0.5) is 5.69 Å². The van der Waals surface area contributed by atoms with Gasteiger partial charge in [-0.05, 0) is 36.6 Å². The van der Waals surface area contributed by atoms with Crippen LogP contribution >= 0.6 is 0 Å². The second-order valence-corrected chi connectivity index (χ2v) is 4.80. The molecule has 110 valence electrons. The van der Waals surface area contributed by atoms with Crippen LogP contribution in [0.5, 0.6) is 5.75 Å². The molecule has 0 spiro atoms. The quantitative estimate of drug-likeness (QED) is 0.633. The number of carbonyl (C=O) groups excluding carboxylic acids is 1. The molecule has 0 atom stereocenters. The summed E-state index contributed by atoms with van der Waals surface area (Å²) in [6.45, 7) is 0.639. The van der Waals surface area contributed by atoms with Crippen molar-refractivity contribution in [1.29, 1.82) is 0 Å². The number of hydrogen-bond acceptors (Lipinski definition) is 3. The molecule has 0 saturated carbocycles. The Kier molecular flexibility index (Phi) is 5.21. The molecule has 0 aliphatic rings. The number of nitrogens with one attached hydrogen (secondary N) is 1. The Hall–Kier alpha value is -2.49. The first kappa shape index (κ1) is 14.9. The second-order valence-electron chi connectivity index (χ2n) is 4.80. The highest BCUT2D eigenvalue weighted by molar-refractivity contribution is 5.95. The van der Waals surface area contributed by atoms with Gasteiger partial charge in [0.25, 0.3) is 5.91 Å². The van der Waals surface area contributed by atoms with Crippen LogP contribution in [0, 0.1) is 0 Å². The largest absolute Gasteiger partial charge is 0.495 e. The number of methoxy groups -OCH3 is 1. The number of ether oxygens (including phenoxy) is 1. The summed E-state index contributed by atoms with van der Waals surface area (Å²) in [6.07, 6.45) is 1.86. The smallest absolute Gasteiger partial charge is 0.251 e. The summed E-state index contributed by atoms with van der Waals surface area (Å²) in [5.74, 6) is 0.410. The third-order valence-electron chi connectivity index (χ3n) is 3.27. The molecule has 2 rings (SSSR count). The molecule has 0 radical (unpaired) electrons. The fourth-order valence-corrected chi connectivity index (χ4v) is 2.09. The fourth-order valence-electron chi connectivity index (χ4n) is 2.09. The minimum absolute atomic E-state index is 0.110. The predicted octanol–water partition coefficient (Wildman–Crippen LogP) is 2.64. The maximum absolute atomic E-state index is 12.0. The van der Waals surface area contributed by atoms with E-state index in [0.717, 1.165) is 12.8 Å². The van der Waals surface area contributed by atoms with E-state index in [1.54, 1.807) is 18.2 Å². The molecule has 0 fully saturated rings. The number of rotatable bonds is 6. The van der Waals surface area contributed by atoms with Crippen LogP contribution in [0.1, 0.15) is 22.3 Å². The van der Waals surface area contributed by atoms with Gasteiger partial charge in [0.15, 0.2) is 0 Å². The Balaban J connectivity index is 1.82. The molecule has 1 amide bonds. The van der Waals surface area contributed by atoms with E-state index < -0.39 is 0 Å². The van der Waals surface area contributed by atoms with Crippen molar-refractivity contribution in [1.82, 2.24) is 5.32 Å². The van der Waals surface area contributed by atoms with Gasteiger partial charge in [-0.2, -0.15) is 0 Å². The molecule has 21 heavy (non-hydrogen) atoms. The second kappa shape index (κ2) is 7.33. The number of benzene rings is 2. The fraction of sp³-hybridized carbons (Fsp3) is 0.235. The van der Waals surface area contributed by atoms with Crippen LogP contribution in [-0.2, 0) is 6.42 Å². The lowest BCUT2D eigenvalue weighted by atomic mass is 10.1. The zero-order valence-electron chi connectivity index (χ0n) is 12.1. The van der Waals surface area contributed by atoms with Crippen LogP contribution in [0.15, 0.2) is 48.5 Å². The number of amides is 1. The summed E-state index contributed by atoms with van der Waals surface area (Å²) in [4.78, 5) is 12.0. The minimum Gasteiger partial charge on any atom is -0.495 e. The molecular weight excluding hydrogens is 264 g/mol. The van der Waals surface area contributed by atoms with Gasteiger partial charge >= 0.3 is 0 Å². The average Bonchev–Trinajstić information content (AvgIpc) is 2.53. The number of aryl methyl sites for hydroxylation is 1. The highest BCUT2D eigenvalue weighted by atomic mass is 16.5. The number of carbonyl (C=O) groups is 1. The van der Waals surface area contributed by atoms with Crippen molar-refractivity contribution >= 4 is 11.6 Å².